The predicted molar refractivity (Wildman–Crippen MR) is 116 cm³/mol. The molecule has 3 fully saturated rings. The number of piperidine rings is 3. The molecule has 3 aliphatic heterocycles. The van der Waals surface area contributed by atoms with Crippen LogP contribution in [0.4, 0.5) is 5.69 Å². The molecule has 0 aromatic heterocycles. The van der Waals surface area contributed by atoms with Crippen molar-refractivity contribution >= 4 is 29.3 Å². The number of fused-ring (bicyclic) bond motifs is 3. The molecule has 5 nitrogen and oxygen atoms in total. The fourth-order valence-corrected chi connectivity index (χ4v) is 5.31. The molecule has 5 rings (SSSR count). The van der Waals surface area contributed by atoms with Crippen LogP contribution in [-0.4, -0.2) is 41.9 Å². The van der Waals surface area contributed by atoms with E-state index in [4.69, 9.17) is 0 Å². The number of hydrogen-bond acceptors (Lipinski definition) is 4. The summed E-state index contributed by atoms with van der Waals surface area (Å²) in [6, 6.07) is 16.1. The van der Waals surface area contributed by atoms with Crippen LogP contribution in [0.2, 0.25) is 0 Å². The van der Waals surface area contributed by atoms with Crippen LogP contribution in [0.5, 0.6) is 0 Å². The Morgan fingerprint density at radius 1 is 1.03 bits per heavy atom. The molecule has 152 valence electrons. The van der Waals surface area contributed by atoms with Crippen LogP contribution in [0, 0.1) is 5.92 Å². The third-order valence-electron chi connectivity index (χ3n) is 5.98. The highest BCUT2D eigenvalue weighted by Gasteiger charge is 2.40. The van der Waals surface area contributed by atoms with Crippen LogP contribution in [0.1, 0.15) is 37.0 Å². The Labute approximate surface area is 176 Å². The van der Waals surface area contributed by atoms with Gasteiger partial charge in [-0.25, -0.2) is 0 Å². The fourth-order valence-electron chi connectivity index (χ4n) is 4.43. The normalized spacial score (nSPS) is 25.4. The highest BCUT2D eigenvalue weighted by Crippen LogP contribution is 2.33. The summed E-state index contributed by atoms with van der Waals surface area (Å²) in [5, 5.41) is 6.08. The first-order valence-corrected chi connectivity index (χ1v) is 11.0. The molecule has 2 atom stereocenters. The summed E-state index contributed by atoms with van der Waals surface area (Å²) in [6.07, 6.45) is 2.37. The van der Waals surface area contributed by atoms with Crippen LogP contribution < -0.4 is 10.6 Å². The predicted octanol–water partition coefficient (Wildman–Crippen LogP) is 4.01. The van der Waals surface area contributed by atoms with E-state index in [0.717, 1.165) is 28.6 Å². The van der Waals surface area contributed by atoms with Gasteiger partial charge in [-0.05, 0) is 81.2 Å². The number of anilines is 1. The molecule has 3 aliphatic rings. The maximum atomic E-state index is 12.8. The lowest BCUT2D eigenvalue weighted by molar-refractivity contribution is -0.114. The van der Waals surface area contributed by atoms with Gasteiger partial charge < -0.3 is 10.6 Å². The summed E-state index contributed by atoms with van der Waals surface area (Å²) in [5.41, 5.74) is 1.48. The molecule has 2 amide bonds. The summed E-state index contributed by atoms with van der Waals surface area (Å²) < 4.78 is 0. The van der Waals surface area contributed by atoms with E-state index in [1.54, 1.807) is 11.8 Å². The maximum Gasteiger partial charge on any atom is 0.251 e. The Morgan fingerprint density at radius 2 is 1.76 bits per heavy atom. The van der Waals surface area contributed by atoms with Gasteiger partial charge in [0.25, 0.3) is 5.91 Å². The van der Waals surface area contributed by atoms with Crippen LogP contribution in [0.25, 0.3) is 0 Å². The molecule has 6 heteroatoms. The van der Waals surface area contributed by atoms with Crippen LogP contribution in [-0.2, 0) is 4.79 Å². The van der Waals surface area contributed by atoms with Crippen molar-refractivity contribution in [2.24, 2.45) is 5.92 Å². The monoisotopic (exact) mass is 409 g/mol. The Hall–Kier alpha value is -2.31. The lowest BCUT2D eigenvalue weighted by Crippen LogP contribution is -2.62. The Balaban J connectivity index is 1.39. The summed E-state index contributed by atoms with van der Waals surface area (Å²) in [4.78, 5) is 28.6. The van der Waals surface area contributed by atoms with Gasteiger partial charge in [0, 0.05) is 40.0 Å². The molecular weight excluding hydrogens is 382 g/mol. The zero-order valence-corrected chi connectivity index (χ0v) is 17.7. The van der Waals surface area contributed by atoms with E-state index in [0.29, 0.717) is 17.5 Å². The van der Waals surface area contributed by atoms with Gasteiger partial charge >= 0.3 is 0 Å². The number of carbonyl (C=O) groups is 2. The van der Waals surface area contributed by atoms with E-state index in [1.807, 2.05) is 48.5 Å². The van der Waals surface area contributed by atoms with Gasteiger partial charge in [0.05, 0.1) is 0 Å². The Bertz CT molecular complexity index is 889. The molecule has 3 heterocycles. The minimum Gasteiger partial charge on any atom is -0.347 e. The Kier molecular flexibility index (Phi) is 5.92. The average Bonchev–Trinajstić information content (AvgIpc) is 2.71. The molecule has 0 saturated carbocycles. The second kappa shape index (κ2) is 8.59. The highest BCUT2D eigenvalue weighted by molar-refractivity contribution is 7.99. The first kappa shape index (κ1) is 20.0. The maximum absolute atomic E-state index is 12.8. The summed E-state index contributed by atoms with van der Waals surface area (Å²) in [6.45, 7) is 6.05. The van der Waals surface area contributed by atoms with Gasteiger partial charge in [-0.2, -0.15) is 0 Å². The summed E-state index contributed by atoms with van der Waals surface area (Å²) >= 11 is 1.61. The minimum atomic E-state index is -0.0835. The molecular formula is C23H27N3O2S. The molecule has 29 heavy (non-hydrogen) atoms. The molecule has 0 aliphatic carbocycles. The largest absolute Gasteiger partial charge is 0.347 e. The third kappa shape index (κ3) is 4.65. The van der Waals surface area contributed by atoms with Crippen LogP contribution in [0.3, 0.4) is 0 Å². The standard InChI is InChI=1S/C23H27N3O2S/c1-15-22(17-10-12-26(15)13-11-17)25-23(28)18-6-8-20(9-7-18)29-21-5-3-4-19(14-21)24-16(2)27/h3-9,14-15,17,22H,10-13H2,1-2H3,(H,24,27)(H,25,28). The summed E-state index contributed by atoms with van der Waals surface area (Å²) in [7, 11) is 0. The zero-order chi connectivity index (χ0) is 20.4. The lowest BCUT2D eigenvalue weighted by atomic mass is 9.79. The van der Waals surface area contributed by atoms with Gasteiger partial charge in [0.1, 0.15) is 0 Å². The molecule has 3 saturated heterocycles. The topological polar surface area (TPSA) is 61.4 Å². The van der Waals surface area contributed by atoms with Crippen LogP contribution >= 0.6 is 11.8 Å². The van der Waals surface area contributed by atoms with Gasteiger partial charge in [0.2, 0.25) is 5.91 Å². The molecule has 2 bridgehead atoms. The van der Waals surface area contributed by atoms with Gasteiger partial charge in [-0.3, -0.25) is 14.5 Å². The van der Waals surface area contributed by atoms with Crippen molar-refractivity contribution in [3.8, 4) is 0 Å². The van der Waals surface area contributed by atoms with Gasteiger partial charge in [-0.15, -0.1) is 0 Å². The van der Waals surface area contributed by atoms with Crippen molar-refractivity contribution in [3.05, 3.63) is 54.1 Å². The van der Waals surface area contributed by atoms with Crippen molar-refractivity contribution in [1.82, 2.24) is 10.2 Å². The van der Waals surface area contributed by atoms with Crippen molar-refractivity contribution < 1.29 is 9.59 Å². The van der Waals surface area contributed by atoms with Gasteiger partial charge in [-0.1, -0.05) is 17.8 Å². The van der Waals surface area contributed by atoms with Crippen molar-refractivity contribution in [2.45, 2.75) is 48.6 Å². The van der Waals surface area contributed by atoms with E-state index in [1.165, 1.54) is 19.8 Å². The van der Waals surface area contributed by atoms with E-state index >= 15 is 0 Å². The van der Waals surface area contributed by atoms with Crippen molar-refractivity contribution in [2.75, 3.05) is 18.4 Å². The number of nitrogens with zero attached hydrogens (tertiary/aromatic N) is 1. The number of carbonyl (C=O) groups excluding carboxylic acids is 2. The molecule has 2 unspecified atom stereocenters. The SMILES string of the molecule is CC(=O)Nc1cccc(Sc2ccc(C(=O)NC3C4CCN(CC4)C3C)cc2)c1. The quantitative estimate of drug-likeness (QED) is 0.783. The first-order valence-electron chi connectivity index (χ1n) is 10.2. The zero-order valence-electron chi connectivity index (χ0n) is 16.9. The van der Waals surface area contributed by atoms with Gasteiger partial charge in [0.15, 0.2) is 0 Å². The third-order valence-corrected chi connectivity index (χ3v) is 6.98. The molecule has 2 aromatic carbocycles. The Morgan fingerprint density at radius 3 is 2.41 bits per heavy atom. The number of rotatable bonds is 5. The highest BCUT2D eigenvalue weighted by atomic mass is 32.2. The number of amides is 2. The lowest BCUT2D eigenvalue weighted by Gasteiger charge is -2.49. The fraction of sp³-hybridized carbons (Fsp3) is 0.391. The van der Waals surface area contributed by atoms with E-state index in [2.05, 4.69) is 22.5 Å². The smallest absolute Gasteiger partial charge is 0.251 e. The van der Waals surface area contributed by atoms with Crippen molar-refractivity contribution in [1.29, 1.82) is 0 Å². The minimum absolute atomic E-state index is 0.0137. The molecule has 0 spiro atoms. The van der Waals surface area contributed by atoms with E-state index < -0.39 is 0 Å². The van der Waals surface area contributed by atoms with Crippen LogP contribution in [0.15, 0.2) is 58.3 Å². The molecule has 2 aromatic rings. The summed E-state index contributed by atoms with van der Waals surface area (Å²) in [5.74, 6) is 0.532. The van der Waals surface area contributed by atoms with E-state index in [9.17, 15) is 9.59 Å². The second-order valence-corrected chi connectivity index (χ2v) is 9.10. The molecule has 2 N–H and O–H groups in total. The first-order chi connectivity index (χ1) is 14.0. The van der Waals surface area contributed by atoms with E-state index in [-0.39, 0.29) is 17.9 Å². The second-order valence-electron chi connectivity index (χ2n) is 7.95. The molecule has 0 radical (unpaired) electrons. The number of nitrogens with one attached hydrogen (secondary N) is 2. The average molecular weight is 410 g/mol. The number of benzene rings is 2. The number of hydrogen-bond donors (Lipinski definition) is 2. The van der Waals surface area contributed by atoms with Crippen molar-refractivity contribution in [3.63, 3.8) is 0 Å².